The Morgan fingerprint density at radius 1 is 0.955 bits per heavy atom. The second-order valence-corrected chi connectivity index (χ2v) is 6.44. The lowest BCUT2D eigenvalue weighted by Gasteiger charge is -2.05. The molecular weight excluding hydrogens is 341 g/mol. The number of carbonyl (C=O) groups is 2. The molecule has 0 atom stereocenters. The molecule has 22 heavy (non-hydrogen) atoms. The minimum absolute atomic E-state index is 0.350. The molecule has 0 bridgehead atoms. The summed E-state index contributed by atoms with van der Waals surface area (Å²) in [6, 6.07) is 13.0. The molecule has 2 aromatic carbocycles. The fraction of sp³-hybridized carbons (Fsp3) is 0. The number of hydrogen-bond donors (Lipinski definition) is 1. The van der Waals surface area contributed by atoms with Gasteiger partial charge in [-0.3, -0.25) is 14.9 Å². The number of thioether (sulfide) groups is 1. The van der Waals surface area contributed by atoms with Crippen LogP contribution in [0.3, 0.4) is 0 Å². The third-order valence-electron chi connectivity index (χ3n) is 3.08. The van der Waals surface area contributed by atoms with Crippen LogP contribution in [0.25, 0.3) is 17.2 Å². The van der Waals surface area contributed by atoms with Crippen LogP contribution in [-0.4, -0.2) is 11.1 Å². The topological polar surface area (TPSA) is 46.2 Å². The summed E-state index contributed by atoms with van der Waals surface area (Å²) < 4.78 is 0. The van der Waals surface area contributed by atoms with Gasteiger partial charge in [0.05, 0.1) is 15.0 Å². The molecule has 2 aromatic rings. The fourth-order valence-corrected chi connectivity index (χ4v) is 3.04. The molecule has 110 valence electrons. The Hall–Kier alpha value is -1.75. The van der Waals surface area contributed by atoms with Gasteiger partial charge in [-0.15, -0.1) is 0 Å². The van der Waals surface area contributed by atoms with E-state index in [2.05, 4.69) is 5.32 Å². The molecule has 6 heteroatoms. The zero-order chi connectivity index (χ0) is 15.7. The van der Waals surface area contributed by atoms with E-state index in [1.165, 1.54) is 0 Å². The average molecular weight is 350 g/mol. The summed E-state index contributed by atoms with van der Waals surface area (Å²) in [5.41, 5.74) is 2.70. The largest absolute Gasteiger partial charge is 0.290 e. The smallest absolute Gasteiger partial charge is 0.282 e. The highest BCUT2D eigenvalue weighted by Gasteiger charge is 2.24. The number of nitrogens with one attached hydrogen (secondary N) is 1. The first-order valence-electron chi connectivity index (χ1n) is 6.33. The minimum Gasteiger partial charge on any atom is -0.282 e. The standard InChI is InChI=1S/C16H9Cl2NO2S/c17-12-5-4-11(8-13(12)18)10-3-1-2-9(6-10)7-14-15(20)19-16(21)22-14/h1-8H,(H,19,20,21). The van der Waals surface area contributed by atoms with Crippen molar-refractivity contribution in [3.8, 4) is 11.1 Å². The van der Waals surface area contributed by atoms with Crippen LogP contribution in [0.4, 0.5) is 4.79 Å². The highest BCUT2D eigenvalue weighted by Crippen LogP contribution is 2.30. The van der Waals surface area contributed by atoms with Gasteiger partial charge in [0.1, 0.15) is 0 Å². The summed E-state index contributed by atoms with van der Waals surface area (Å²) >= 11 is 12.9. The Bertz CT molecular complexity index is 818. The van der Waals surface area contributed by atoms with Crippen molar-refractivity contribution in [3.63, 3.8) is 0 Å². The van der Waals surface area contributed by atoms with Crippen LogP contribution in [-0.2, 0) is 4.79 Å². The van der Waals surface area contributed by atoms with Gasteiger partial charge in [-0.1, -0.05) is 47.5 Å². The molecule has 0 spiro atoms. The molecule has 1 N–H and O–H groups in total. The lowest BCUT2D eigenvalue weighted by atomic mass is 10.0. The summed E-state index contributed by atoms with van der Waals surface area (Å²) in [7, 11) is 0. The zero-order valence-corrected chi connectivity index (χ0v) is 13.4. The van der Waals surface area contributed by atoms with E-state index in [1.54, 1.807) is 18.2 Å². The fourth-order valence-electron chi connectivity index (χ4n) is 2.06. The van der Waals surface area contributed by atoms with E-state index in [-0.39, 0.29) is 11.1 Å². The molecule has 1 aliphatic heterocycles. The van der Waals surface area contributed by atoms with Gasteiger partial charge in [0.25, 0.3) is 11.1 Å². The predicted molar refractivity (Wildman–Crippen MR) is 91.0 cm³/mol. The van der Waals surface area contributed by atoms with E-state index in [0.29, 0.717) is 15.0 Å². The summed E-state index contributed by atoms with van der Waals surface area (Å²) in [6.45, 7) is 0. The monoisotopic (exact) mass is 349 g/mol. The maximum atomic E-state index is 11.6. The average Bonchev–Trinajstić information content (AvgIpc) is 2.80. The highest BCUT2D eigenvalue weighted by molar-refractivity contribution is 8.18. The van der Waals surface area contributed by atoms with Crippen LogP contribution in [0, 0.1) is 0 Å². The molecule has 0 unspecified atom stereocenters. The summed E-state index contributed by atoms with van der Waals surface area (Å²) in [4.78, 5) is 23.1. The van der Waals surface area contributed by atoms with Crippen LogP contribution in [0.15, 0.2) is 47.4 Å². The maximum Gasteiger partial charge on any atom is 0.290 e. The quantitative estimate of drug-likeness (QED) is 0.777. The summed E-state index contributed by atoms with van der Waals surface area (Å²) in [5, 5.41) is 2.87. The van der Waals surface area contributed by atoms with Gasteiger partial charge in [0, 0.05) is 0 Å². The second-order valence-electron chi connectivity index (χ2n) is 4.61. The number of halogens is 2. The van der Waals surface area contributed by atoms with Crippen molar-refractivity contribution >= 4 is 52.2 Å². The van der Waals surface area contributed by atoms with Crippen molar-refractivity contribution in [3.05, 3.63) is 63.0 Å². The number of amides is 2. The zero-order valence-electron chi connectivity index (χ0n) is 11.1. The van der Waals surface area contributed by atoms with E-state index in [1.807, 2.05) is 30.3 Å². The van der Waals surface area contributed by atoms with Crippen molar-refractivity contribution in [1.29, 1.82) is 0 Å². The molecule has 3 rings (SSSR count). The van der Waals surface area contributed by atoms with E-state index in [9.17, 15) is 9.59 Å². The minimum atomic E-state index is -0.366. The van der Waals surface area contributed by atoms with Crippen LogP contribution in [0.1, 0.15) is 5.56 Å². The van der Waals surface area contributed by atoms with Crippen molar-refractivity contribution in [2.24, 2.45) is 0 Å². The molecule has 1 saturated heterocycles. The summed E-state index contributed by atoms with van der Waals surface area (Å²) in [6.07, 6.45) is 1.69. The van der Waals surface area contributed by atoms with Gasteiger partial charge in [-0.05, 0) is 52.7 Å². The highest BCUT2D eigenvalue weighted by atomic mass is 35.5. The lowest BCUT2D eigenvalue weighted by molar-refractivity contribution is -0.115. The first kappa shape index (κ1) is 15.2. The number of hydrogen-bond acceptors (Lipinski definition) is 3. The number of imide groups is 1. The molecule has 3 nitrogen and oxygen atoms in total. The second kappa shape index (κ2) is 6.16. The molecule has 0 aromatic heterocycles. The Labute approximate surface area is 141 Å². The van der Waals surface area contributed by atoms with E-state index < -0.39 is 0 Å². The molecule has 0 aliphatic carbocycles. The van der Waals surface area contributed by atoms with Crippen LogP contribution in [0.2, 0.25) is 10.0 Å². The molecule has 0 saturated carbocycles. The Kier molecular flexibility index (Phi) is 4.25. The number of carbonyl (C=O) groups excluding carboxylic acids is 2. The van der Waals surface area contributed by atoms with Gasteiger partial charge in [-0.25, -0.2) is 0 Å². The predicted octanol–water partition coefficient (Wildman–Crippen LogP) is 4.98. The lowest BCUT2D eigenvalue weighted by Crippen LogP contribution is -2.17. The third-order valence-corrected chi connectivity index (χ3v) is 4.63. The molecule has 2 amide bonds. The molecule has 1 heterocycles. The first-order chi connectivity index (χ1) is 10.5. The third kappa shape index (κ3) is 3.19. The maximum absolute atomic E-state index is 11.6. The van der Waals surface area contributed by atoms with Gasteiger partial charge in [0.15, 0.2) is 0 Å². The van der Waals surface area contributed by atoms with Crippen LogP contribution in [0.5, 0.6) is 0 Å². The normalized spacial score (nSPS) is 16.2. The van der Waals surface area contributed by atoms with Gasteiger partial charge in [-0.2, -0.15) is 0 Å². The SMILES string of the molecule is O=C1NC(=O)C(=Cc2cccc(-c3ccc(Cl)c(Cl)c3)c2)S1. The van der Waals surface area contributed by atoms with Crippen molar-refractivity contribution in [2.45, 2.75) is 0 Å². The van der Waals surface area contributed by atoms with Gasteiger partial charge >= 0.3 is 0 Å². The Morgan fingerprint density at radius 2 is 1.73 bits per heavy atom. The van der Waals surface area contributed by atoms with Crippen molar-refractivity contribution in [1.82, 2.24) is 5.32 Å². The molecule has 1 fully saturated rings. The van der Waals surface area contributed by atoms with Gasteiger partial charge in [0.2, 0.25) is 0 Å². The number of benzene rings is 2. The summed E-state index contributed by atoms with van der Waals surface area (Å²) in [5.74, 6) is -0.366. The van der Waals surface area contributed by atoms with Crippen LogP contribution >= 0.6 is 35.0 Å². The first-order valence-corrected chi connectivity index (χ1v) is 7.90. The number of rotatable bonds is 2. The molecule has 1 aliphatic rings. The van der Waals surface area contributed by atoms with Crippen molar-refractivity contribution < 1.29 is 9.59 Å². The van der Waals surface area contributed by atoms with E-state index in [4.69, 9.17) is 23.2 Å². The Morgan fingerprint density at radius 3 is 2.41 bits per heavy atom. The van der Waals surface area contributed by atoms with Gasteiger partial charge < -0.3 is 0 Å². The Balaban J connectivity index is 1.96. The van der Waals surface area contributed by atoms with Crippen molar-refractivity contribution in [2.75, 3.05) is 0 Å². The molecule has 0 radical (unpaired) electrons. The van der Waals surface area contributed by atoms with E-state index >= 15 is 0 Å². The molecular formula is C16H9Cl2NO2S. The van der Waals surface area contributed by atoms with E-state index in [0.717, 1.165) is 28.5 Å². The van der Waals surface area contributed by atoms with Crippen LogP contribution < -0.4 is 5.32 Å².